The molecule has 0 aliphatic heterocycles. The molecule has 0 bridgehead atoms. The van der Waals surface area contributed by atoms with Crippen molar-refractivity contribution in [2.75, 3.05) is 0 Å². The molecule has 2 heteroatoms. The second-order valence-corrected chi connectivity index (χ2v) is 3.08. The third-order valence-corrected chi connectivity index (χ3v) is 2.22. The molecule has 2 aromatic rings. The van der Waals surface area contributed by atoms with Crippen molar-refractivity contribution in [3.05, 3.63) is 60.1 Å². The van der Waals surface area contributed by atoms with Crippen molar-refractivity contribution in [2.24, 2.45) is 0 Å². The van der Waals surface area contributed by atoms with E-state index in [0.717, 1.165) is 16.2 Å². The molecule has 0 fully saturated rings. The summed E-state index contributed by atoms with van der Waals surface area (Å²) in [4.78, 5) is 0.755. The maximum atomic E-state index is 5.25. The maximum Gasteiger partial charge on any atom is 0.145 e. The summed E-state index contributed by atoms with van der Waals surface area (Å²) in [6.45, 7) is 0. The fourth-order valence-corrected chi connectivity index (χ4v) is 1.39. The molecule has 64 valence electrons. The molecule has 1 heterocycles. The lowest BCUT2D eigenvalue weighted by atomic mass is 10.1. The highest BCUT2D eigenvalue weighted by atomic mass is 32.1. The molecule has 0 saturated carbocycles. The first kappa shape index (κ1) is 8.20. The zero-order valence-electron chi connectivity index (χ0n) is 6.94. The number of thiocarbonyl (C=S) groups is 1. The van der Waals surface area contributed by atoms with Crippen molar-refractivity contribution in [1.29, 1.82) is 0 Å². The van der Waals surface area contributed by atoms with Crippen LogP contribution in [0.2, 0.25) is 0 Å². The Morgan fingerprint density at radius 3 is 2.38 bits per heavy atom. The second-order valence-electron chi connectivity index (χ2n) is 2.67. The van der Waals surface area contributed by atoms with Gasteiger partial charge in [-0.05, 0) is 17.7 Å². The molecular weight excluding hydrogens is 180 g/mol. The van der Waals surface area contributed by atoms with Gasteiger partial charge < -0.3 is 4.42 Å². The number of hydrogen-bond donors (Lipinski definition) is 0. The molecule has 0 N–H and O–H groups in total. The molecule has 1 aromatic carbocycles. The van der Waals surface area contributed by atoms with Gasteiger partial charge in [0.1, 0.15) is 5.76 Å². The van der Waals surface area contributed by atoms with Crippen molar-refractivity contribution in [3.63, 3.8) is 0 Å². The molecule has 0 atom stereocenters. The quantitative estimate of drug-likeness (QED) is 0.530. The second kappa shape index (κ2) is 3.54. The summed E-state index contributed by atoms with van der Waals surface area (Å²) in [5.74, 6) is 0.751. The highest BCUT2D eigenvalue weighted by Gasteiger charge is 2.05. The van der Waals surface area contributed by atoms with Crippen molar-refractivity contribution >= 4 is 17.1 Å². The Balaban J connectivity index is 2.34. The Bertz CT molecular complexity index is 389. The summed E-state index contributed by atoms with van der Waals surface area (Å²) in [6.07, 6.45) is 1.63. The van der Waals surface area contributed by atoms with Gasteiger partial charge in [0.2, 0.25) is 0 Å². The summed E-state index contributed by atoms with van der Waals surface area (Å²) < 4.78 is 5.21. The van der Waals surface area contributed by atoms with E-state index in [1.807, 2.05) is 42.5 Å². The predicted octanol–water partition coefficient (Wildman–Crippen LogP) is 3.05. The molecule has 0 unspecified atom stereocenters. The Kier molecular flexibility index (Phi) is 2.23. The zero-order valence-corrected chi connectivity index (χ0v) is 7.75. The molecular formula is C11H8OS. The summed E-state index contributed by atoms with van der Waals surface area (Å²) in [7, 11) is 0. The lowest BCUT2D eigenvalue weighted by Gasteiger charge is -1.98. The molecule has 13 heavy (non-hydrogen) atoms. The normalized spacial score (nSPS) is 9.85. The summed E-state index contributed by atoms with van der Waals surface area (Å²) >= 11 is 5.25. The fourth-order valence-electron chi connectivity index (χ4n) is 1.14. The van der Waals surface area contributed by atoms with Crippen LogP contribution in [0.3, 0.4) is 0 Å². The molecule has 1 aromatic heterocycles. The van der Waals surface area contributed by atoms with Crippen molar-refractivity contribution in [3.8, 4) is 0 Å². The number of hydrogen-bond acceptors (Lipinski definition) is 2. The van der Waals surface area contributed by atoms with Crippen LogP contribution in [0.25, 0.3) is 0 Å². The Labute approximate surface area is 82.0 Å². The van der Waals surface area contributed by atoms with E-state index >= 15 is 0 Å². The van der Waals surface area contributed by atoms with E-state index in [0.29, 0.717) is 0 Å². The third-order valence-electron chi connectivity index (χ3n) is 1.78. The van der Waals surface area contributed by atoms with Gasteiger partial charge in [0, 0.05) is 0 Å². The summed E-state index contributed by atoms with van der Waals surface area (Å²) in [6, 6.07) is 13.6. The highest BCUT2D eigenvalue weighted by molar-refractivity contribution is 7.81. The highest BCUT2D eigenvalue weighted by Crippen LogP contribution is 2.10. The van der Waals surface area contributed by atoms with Crippen LogP contribution >= 0.6 is 12.2 Å². The van der Waals surface area contributed by atoms with Gasteiger partial charge in [-0.1, -0.05) is 42.5 Å². The maximum absolute atomic E-state index is 5.25. The molecule has 0 radical (unpaired) electrons. The van der Waals surface area contributed by atoms with Gasteiger partial charge in [-0.25, -0.2) is 0 Å². The summed E-state index contributed by atoms with van der Waals surface area (Å²) in [5.41, 5.74) is 1.02. The SMILES string of the molecule is S=C(c1ccccc1)c1ccco1. The smallest absolute Gasteiger partial charge is 0.145 e. The minimum atomic E-state index is 0.751. The topological polar surface area (TPSA) is 13.1 Å². The van der Waals surface area contributed by atoms with Crippen LogP contribution < -0.4 is 0 Å². The monoisotopic (exact) mass is 188 g/mol. The fraction of sp³-hybridized carbons (Fsp3) is 0. The van der Waals surface area contributed by atoms with Crippen LogP contribution in [0, 0.1) is 0 Å². The van der Waals surface area contributed by atoms with Gasteiger partial charge in [-0.2, -0.15) is 0 Å². The van der Waals surface area contributed by atoms with E-state index in [1.54, 1.807) is 6.26 Å². The lowest BCUT2D eigenvalue weighted by Crippen LogP contribution is -1.96. The van der Waals surface area contributed by atoms with Crippen LogP contribution in [0.4, 0.5) is 0 Å². The lowest BCUT2D eigenvalue weighted by molar-refractivity contribution is 0.559. The van der Waals surface area contributed by atoms with E-state index in [-0.39, 0.29) is 0 Å². The van der Waals surface area contributed by atoms with E-state index in [1.165, 1.54) is 0 Å². The number of rotatable bonds is 2. The molecule has 0 aliphatic carbocycles. The number of furan rings is 1. The molecule has 0 amide bonds. The molecule has 0 aliphatic rings. The standard InChI is InChI=1S/C11H8OS/c13-11(10-7-4-8-12-10)9-5-2-1-3-6-9/h1-8H. The first-order valence-corrected chi connectivity index (χ1v) is 4.42. The molecule has 1 nitrogen and oxygen atoms in total. The molecule has 0 saturated heterocycles. The summed E-state index contributed by atoms with van der Waals surface area (Å²) in [5, 5.41) is 0. The largest absolute Gasteiger partial charge is 0.463 e. The first-order chi connectivity index (χ1) is 6.38. The van der Waals surface area contributed by atoms with Gasteiger partial charge in [0.15, 0.2) is 0 Å². The Morgan fingerprint density at radius 2 is 1.77 bits per heavy atom. The average Bonchev–Trinajstić information content (AvgIpc) is 2.71. The third kappa shape index (κ3) is 1.68. The average molecular weight is 188 g/mol. The van der Waals surface area contributed by atoms with Crippen LogP contribution in [0.15, 0.2) is 53.1 Å². The van der Waals surface area contributed by atoms with E-state index in [4.69, 9.17) is 16.6 Å². The van der Waals surface area contributed by atoms with E-state index < -0.39 is 0 Å². The predicted molar refractivity (Wildman–Crippen MR) is 56.0 cm³/mol. The molecule has 2 rings (SSSR count). The van der Waals surface area contributed by atoms with Gasteiger partial charge in [0.25, 0.3) is 0 Å². The van der Waals surface area contributed by atoms with Crippen LogP contribution in [-0.2, 0) is 0 Å². The number of benzene rings is 1. The van der Waals surface area contributed by atoms with Crippen molar-refractivity contribution in [2.45, 2.75) is 0 Å². The minimum Gasteiger partial charge on any atom is -0.463 e. The van der Waals surface area contributed by atoms with Gasteiger partial charge in [-0.15, -0.1) is 0 Å². The minimum absolute atomic E-state index is 0.751. The van der Waals surface area contributed by atoms with Gasteiger partial charge >= 0.3 is 0 Å². The van der Waals surface area contributed by atoms with Crippen molar-refractivity contribution < 1.29 is 4.42 Å². The van der Waals surface area contributed by atoms with Crippen LogP contribution in [0.5, 0.6) is 0 Å². The van der Waals surface area contributed by atoms with Gasteiger partial charge in [-0.3, -0.25) is 0 Å². The van der Waals surface area contributed by atoms with Crippen molar-refractivity contribution in [1.82, 2.24) is 0 Å². The van der Waals surface area contributed by atoms with E-state index in [2.05, 4.69) is 0 Å². The Hall–Kier alpha value is -1.41. The zero-order chi connectivity index (χ0) is 9.10. The molecule has 0 spiro atoms. The Morgan fingerprint density at radius 1 is 1.00 bits per heavy atom. The van der Waals surface area contributed by atoms with Crippen LogP contribution in [0.1, 0.15) is 11.3 Å². The van der Waals surface area contributed by atoms with E-state index in [9.17, 15) is 0 Å². The van der Waals surface area contributed by atoms with Crippen LogP contribution in [-0.4, -0.2) is 4.86 Å². The first-order valence-electron chi connectivity index (χ1n) is 4.01. The van der Waals surface area contributed by atoms with Gasteiger partial charge in [0.05, 0.1) is 11.1 Å².